The van der Waals surface area contributed by atoms with Crippen molar-refractivity contribution in [1.82, 2.24) is 24.9 Å². The molecule has 0 bridgehead atoms. The van der Waals surface area contributed by atoms with Crippen molar-refractivity contribution in [3.05, 3.63) is 84.6 Å². The van der Waals surface area contributed by atoms with Gasteiger partial charge in [-0.05, 0) is 23.8 Å². The monoisotopic (exact) mass is 329 g/mol. The summed E-state index contributed by atoms with van der Waals surface area (Å²) in [6.45, 7) is 0.291. The summed E-state index contributed by atoms with van der Waals surface area (Å²) in [5.74, 6) is 0.481. The number of hydrogen-bond donors (Lipinski definition) is 1. The number of carbonyl (C=O) groups is 1. The van der Waals surface area contributed by atoms with E-state index in [2.05, 4.69) is 20.5 Å². The van der Waals surface area contributed by atoms with Gasteiger partial charge in [0.1, 0.15) is 0 Å². The summed E-state index contributed by atoms with van der Waals surface area (Å²) in [5.41, 5.74) is 3.18. The van der Waals surface area contributed by atoms with E-state index in [4.69, 9.17) is 0 Å². The highest BCUT2D eigenvalue weighted by molar-refractivity contribution is 5.94. The third kappa shape index (κ3) is 3.10. The Labute approximate surface area is 144 Å². The van der Waals surface area contributed by atoms with Crippen molar-refractivity contribution in [2.24, 2.45) is 0 Å². The van der Waals surface area contributed by atoms with Gasteiger partial charge in [0, 0.05) is 24.2 Å². The van der Waals surface area contributed by atoms with Crippen molar-refractivity contribution < 1.29 is 4.79 Å². The van der Waals surface area contributed by atoms with Crippen molar-refractivity contribution >= 4 is 11.6 Å². The molecule has 0 saturated heterocycles. The molecule has 6 heteroatoms. The number of carbonyl (C=O) groups excluding carboxylic acids is 1. The molecule has 0 fully saturated rings. The van der Waals surface area contributed by atoms with E-state index in [0.29, 0.717) is 17.9 Å². The van der Waals surface area contributed by atoms with Gasteiger partial charge in [0.15, 0.2) is 11.5 Å². The summed E-state index contributed by atoms with van der Waals surface area (Å²) in [4.78, 5) is 16.6. The second-order valence-corrected chi connectivity index (χ2v) is 5.56. The molecule has 4 aromatic rings. The number of pyridine rings is 2. The van der Waals surface area contributed by atoms with E-state index in [0.717, 1.165) is 16.8 Å². The summed E-state index contributed by atoms with van der Waals surface area (Å²) in [7, 11) is 0. The standard InChI is InChI=1S/C19H15N5O/c25-19(21-13-18-23-22-17-8-4-5-9-24(17)18)16-10-15(11-20-12-16)14-6-2-1-3-7-14/h1-12H,13H2,(H,21,25). The highest BCUT2D eigenvalue weighted by Gasteiger charge is 2.10. The van der Waals surface area contributed by atoms with Crippen molar-refractivity contribution in [3.8, 4) is 11.1 Å². The number of nitrogens with zero attached hydrogens (tertiary/aromatic N) is 4. The van der Waals surface area contributed by atoms with Crippen molar-refractivity contribution in [3.63, 3.8) is 0 Å². The molecule has 3 aromatic heterocycles. The van der Waals surface area contributed by atoms with Crippen LogP contribution in [0.25, 0.3) is 16.8 Å². The van der Waals surface area contributed by atoms with Gasteiger partial charge < -0.3 is 5.32 Å². The molecule has 0 atom stereocenters. The molecular weight excluding hydrogens is 314 g/mol. The zero-order chi connectivity index (χ0) is 17.1. The van der Waals surface area contributed by atoms with Crippen molar-refractivity contribution in [1.29, 1.82) is 0 Å². The molecule has 1 N–H and O–H groups in total. The average Bonchev–Trinajstić information content (AvgIpc) is 3.10. The van der Waals surface area contributed by atoms with Gasteiger partial charge in [-0.25, -0.2) is 0 Å². The Morgan fingerprint density at radius 2 is 1.80 bits per heavy atom. The van der Waals surface area contributed by atoms with Gasteiger partial charge in [0.2, 0.25) is 0 Å². The predicted octanol–water partition coefficient (Wildman–Crippen LogP) is 2.72. The van der Waals surface area contributed by atoms with Crippen molar-refractivity contribution in [2.45, 2.75) is 6.54 Å². The highest BCUT2D eigenvalue weighted by atomic mass is 16.1. The SMILES string of the molecule is O=C(NCc1nnc2ccccn12)c1cncc(-c2ccccc2)c1. The van der Waals surface area contributed by atoms with Crippen LogP contribution >= 0.6 is 0 Å². The first kappa shape index (κ1) is 15.0. The maximum atomic E-state index is 12.5. The molecule has 1 amide bonds. The van der Waals surface area contributed by atoms with E-state index in [-0.39, 0.29) is 5.91 Å². The lowest BCUT2D eigenvalue weighted by Crippen LogP contribution is -2.24. The Hall–Kier alpha value is -3.54. The zero-order valence-corrected chi connectivity index (χ0v) is 13.3. The van der Waals surface area contributed by atoms with Crippen molar-refractivity contribution in [2.75, 3.05) is 0 Å². The van der Waals surface area contributed by atoms with E-state index in [1.54, 1.807) is 12.4 Å². The minimum Gasteiger partial charge on any atom is -0.345 e. The highest BCUT2D eigenvalue weighted by Crippen LogP contribution is 2.18. The number of hydrogen-bond acceptors (Lipinski definition) is 4. The Morgan fingerprint density at radius 1 is 0.960 bits per heavy atom. The lowest BCUT2D eigenvalue weighted by Gasteiger charge is -2.06. The quantitative estimate of drug-likeness (QED) is 0.625. The molecule has 25 heavy (non-hydrogen) atoms. The van der Waals surface area contributed by atoms with Gasteiger partial charge in [-0.3, -0.25) is 14.2 Å². The molecule has 0 aliphatic heterocycles. The number of rotatable bonds is 4. The molecule has 0 aliphatic rings. The first-order valence-corrected chi connectivity index (χ1v) is 7.88. The Morgan fingerprint density at radius 3 is 2.68 bits per heavy atom. The fourth-order valence-electron chi connectivity index (χ4n) is 2.63. The van der Waals surface area contributed by atoms with Crippen LogP contribution in [0.1, 0.15) is 16.2 Å². The fourth-order valence-corrected chi connectivity index (χ4v) is 2.63. The minimum atomic E-state index is -0.196. The maximum absolute atomic E-state index is 12.5. The first-order valence-electron chi connectivity index (χ1n) is 7.88. The normalized spacial score (nSPS) is 10.7. The lowest BCUT2D eigenvalue weighted by atomic mass is 10.1. The van der Waals surface area contributed by atoms with Crippen LogP contribution in [0.5, 0.6) is 0 Å². The van der Waals surface area contributed by atoms with Crippen LogP contribution in [0.15, 0.2) is 73.2 Å². The summed E-state index contributed by atoms with van der Waals surface area (Å²) in [6.07, 6.45) is 5.18. The first-order chi connectivity index (χ1) is 12.3. The Kier molecular flexibility index (Phi) is 3.92. The molecule has 0 unspecified atom stereocenters. The van der Waals surface area contributed by atoms with E-state index >= 15 is 0 Å². The second-order valence-electron chi connectivity index (χ2n) is 5.56. The number of amides is 1. The third-order valence-electron chi connectivity index (χ3n) is 3.90. The maximum Gasteiger partial charge on any atom is 0.253 e. The molecule has 0 aliphatic carbocycles. The van der Waals surface area contributed by atoms with Crippen LogP contribution in [-0.2, 0) is 6.54 Å². The van der Waals surface area contributed by atoms with E-state index in [1.807, 2.05) is 65.2 Å². The summed E-state index contributed by atoms with van der Waals surface area (Å²) < 4.78 is 1.85. The number of aromatic nitrogens is 4. The third-order valence-corrected chi connectivity index (χ3v) is 3.90. The van der Waals surface area contributed by atoms with Gasteiger partial charge >= 0.3 is 0 Å². The number of benzene rings is 1. The fraction of sp³-hybridized carbons (Fsp3) is 0.0526. The molecule has 6 nitrogen and oxygen atoms in total. The van der Waals surface area contributed by atoms with Gasteiger partial charge in [-0.1, -0.05) is 36.4 Å². The largest absolute Gasteiger partial charge is 0.345 e. The molecular formula is C19H15N5O. The van der Waals surface area contributed by atoms with Crippen LogP contribution in [0.4, 0.5) is 0 Å². The molecule has 3 heterocycles. The van der Waals surface area contributed by atoms with Crippen LogP contribution in [-0.4, -0.2) is 25.5 Å². The smallest absolute Gasteiger partial charge is 0.253 e. The molecule has 0 radical (unpaired) electrons. The molecule has 122 valence electrons. The molecule has 0 saturated carbocycles. The Bertz CT molecular complexity index is 1030. The summed E-state index contributed by atoms with van der Waals surface area (Å²) >= 11 is 0. The van der Waals surface area contributed by atoms with Crippen LogP contribution in [0, 0.1) is 0 Å². The summed E-state index contributed by atoms with van der Waals surface area (Å²) in [5, 5.41) is 11.1. The number of fused-ring (bicyclic) bond motifs is 1. The van der Waals surface area contributed by atoms with Gasteiger partial charge in [-0.2, -0.15) is 0 Å². The van der Waals surface area contributed by atoms with Crippen LogP contribution < -0.4 is 5.32 Å². The summed E-state index contributed by atoms with van der Waals surface area (Å²) in [6, 6.07) is 17.3. The van der Waals surface area contributed by atoms with Gasteiger partial charge in [0.05, 0.1) is 12.1 Å². The topological polar surface area (TPSA) is 72.2 Å². The van der Waals surface area contributed by atoms with Crippen LogP contribution in [0.2, 0.25) is 0 Å². The second kappa shape index (κ2) is 6.52. The predicted molar refractivity (Wildman–Crippen MR) is 93.8 cm³/mol. The minimum absolute atomic E-state index is 0.196. The average molecular weight is 329 g/mol. The van der Waals surface area contributed by atoms with E-state index < -0.39 is 0 Å². The van der Waals surface area contributed by atoms with Gasteiger partial charge in [-0.15, -0.1) is 10.2 Å². The lowest BCUT2D eigenvalue weighted by molar-refractivity contribution is 0.0949. The number of nitrogens with one attached hydrogen (secondary N) is 1. The molecule has 1 aromatic carbocycles. The zero-order valence-electron chi connectivity index (χ0n) is 13.3. The van der Waals surface area contributed by atoms with Gasteiger partial charge in [0.25, 0.3) is 5.91 Å². The van der Waals surface area contributed by atoms with E-state index in [1.165, 1.54) is 0 Å². The Balaban J connectivity index is 1.52. The molecule has 0 spiro atoms. The molecule has 4 rings (SSSR count). The van der Waals surface area contributed by atoms with Crippen LogP contribution in [0.3, 0.4) is 0 Å². The van der Waals surface area contributed by atoms with E-state index in [9.17, 15) is 4.79 Å².